The highest BCUT2D eigenvalue weighted by atomic mass is 32.2. The lowest BCUT2D eigenvalue weighted by Crippen LogP contribution is -2.40. The van der Waals surface area contributed by atoms with E-state index in [0.29, 0.717) is 13.0 Å². The van der Waals surface area contributed by atoms with E-state index >= 15 is 0 Å². The van der Waals surface area contributed by atoms with Crippen LogP contribution in [0.5, 0.6) is 0 Å². The van der Waals surface area contributed by atoms with Crippen LogP contribution in [0.15, 0.2) is 4.99 Å². The molecule has 20 heavy (non-hydrogen) atoms. The standard InChI is InChI=1S/C14H29N3O2S/c1-5-15-13(17-9-6-7-10-17)16-12-14(2,3)8-11-20(4,18)19/h5-12H2,1-4H3,(H,15,16). The molecule has 1 fully saturated rings. The maximum Gasteiger partial charge on any atom is 0.193 e. The summed E-state index contributed by atoms with van der Waals surface area (Å²) < 4.78 is 22.5. The van der Waals surface area contributed by atoms with Gasteiger partial charge in [0.1, 0.15) is 9.84 Å². The third kappa shape index (κ3) is 6.59. The maximum absolute atomic E-state index is 11.3. The fraction of sp³-hybridized carbons (Fsp3) is 0.929. The van der Waals surface area contributed by atoms with Crippen LogP contribution in [0.4, 0.5) is 0 Å². The van der Waals surface area contributed by atoms with Crippen molar-refractivity contribution in [3.8, 4) is 0 Å². The third-order valence-corrected chi connectivity index (χ3v) is 4.49. The van der Waals surface area contributed by atoms with Gasteiger partial charge in [-0.25, -0.2) is 8.42 Å². The SMILES string of the molecule is CCNC(=NCC(C)(C)CCS(C)(=O)=O)N1CCCC1. The second-order valence-corrected chi connectivity index (χ2v) is 8.67. The van der Waals surface area contributed by atoms with Crippen molar-refractivity contribution in [2.24, 2.45) is 10.4 Å². The number of aliphatic imine (C=N–C) groups is 1. The molecule has 0 radical (unpaired) electrons. The summed E-state index contributed by atoms with van der Waals surface area (Å²) in [6.07, 6.45) is 4.39. The second kappa shape index (κ2) is 7.29. The van der Waals surface area contributed by atoms with Gasteiger partial charge in [0.05, 0.1) is 5.75 Å². The van der Waals surface area contributed by atoms with Crippen LogP contribution in [0, 0.1) is 5.41 Å². The molecule has 0 aromatic carbocycles. The zero-order valence-electron chi connectivity index (χ0n) is 13.3. The van der Waals surface area contributed by atoms with Gasteiger partial charge in [0.2, 0.25) is 0 Å². The van der Waals surface area contributed by atoms with Gasteiger partial charge in [-0.1, -0.05) is 13.8 Å². The van der Waals surface area contributed by atoms with Crippen molar-refractivity contribution in [2.45, 2.75) is 40.0 Å². The molecule has 0 bridgehead atoms. The molecule has 1 heterocycles. The van der Waals surface area contributed by atoms with Gasteiger partial charge in [0.15, 0.2) is 5.96 Å². The Morgan fingerprint density at radius 3 is 2.40 bits per heavy atom. The molecule has 0 unspecified atom stereocenters. The largest absolute Gasteiger partial charge is 0.357 e. The van der Waals surface area contributed by atoms with Crippen molar-refractivity contribution in [1.82, 2.24) is 10.2 Å². The van der Waals surface area contributed by atoms with Crippen LogP contribution in [0.2, 0.25) is 0 Å². The van der Waals surface area contributed by atoms with E-state index in [1.165, 1.54) is 19.1 Å². The summed E-state index contributed by atoms with van der Waals surface area (Å²) >= 11 is 0. The van der Waals surface area contributed by atoms with Gasteiger partial charge in [-0.05, 0) is 31.6 Å². The van der Waals surface area contributed by atoms with Gasteiger partial charge in [-0.2, -0.15) is 0 Å². The normalized spacial score (nSPS) is 17.6. The minimum Gasteiger partial charge on any atom is -0.357 e. The van der Waals surface area contributed by atoms with Crippen molar-refractivity contribution in [1.29, 1.82) is 0 Å². The van der Waals surface area contributed by atoms with Crippen molar-refractivity contribution < 1.29 is 8.42 Å². The molecule has 1 saturated heterocycles. The molecule has 0 saturated carbocycles. The van der Waals surface area contributed by atoms with E-state index in [2.05, 4.69) is 31.0 Å². The first-order valence-electron chi connectivity index (χ1n) is 7.44. The fourth-order valence-corrected chi connectivity index (χ4v) is 3.11. The van der Waals surface area contributed by atoms with Gasteiger partial charge < -0.3 is 10.2 Å². The summed E-state index contributed by atoms with van der Waals surface area (Å²) in [5.41, 5.74) is -0.0938. The number of hydrogen-bond donors (Lipinski definition) is 1. The Balaban J connectivity index is 2.60. The first kappa shape index (κ1) is 17.3. The van der Waals surface area contributed by atoms with Crippen molar-refractivity contribution in [3.05, 3.63) is 0 Å². The molecule has 1 rings (SSSR count). The van der Waals surface area contributed by atoms with E-state index in [1.54, 1.807) is 0 Å². The number of likely N-dealkylation sites (tertiary alicyclic amines) is 1. The van der Waals surface area contributed by atoms with E-state index in [-0.39, 0.29) is 11.2 Å². The lowest BCUT2D eigenvalue weighted by Gasteiger charge is -2.25. The summed E-state index contributed by atoms with van der Waals surface area (Å²) in [6.45, 7) is 9.87. The maximum atomic E-state index is 11.3. The Hall–Kier alpha value is -0.780. The summed E-state index contributed by atoms with van der Waals surface area (Å²) in [4.78, 5) is 6.99. The van der Waals surface area contributed by atoms with Crippen LogP contribution < -0.4 is 5.32 Å². The van der Waals surface area contributed by atoms with Crippen molar-refractivity contribution >= 4 is 15.8 Å². The number of hydrogen-bond acceptors (Lipinski definition) is 3. The number of rotatable bonds is 6. The van der Waals surface area contributed by atoms with E-state index in [0.717, 1.165) is 25.6 Å². The summed E-state index contributed by atoms with van der Waals surface area (Å²) in [5.74, 6) is 1.20. The molecule has 6 heteroatoms. The van der Waals surface area contributed by atoms with E-state index in [9.17, 15) is 8.42 Å². The van der Waals surface area contributed by atoms with Crippen LogP contribution in [-0.4, -0.2) is 57.5 Å². The molecule has 118 valence electrons. The Bertz CT molecular complexity index is 424. The number of guanidine groups is 1. The molecule has 0 aromatic rings. The van der Waals surface area contributed by atoms with Crippen LogP contribution >= 0.6 is 0 Å². The van der Waals surface area contributed by atoms with Crippen LogP contribution in [0.25, 0.3) is 0 Å². The third-order valence-electron chi connectivity index (χ3n) is 3.55. The first-order chi connectivity index (χ1) is 9.23. The van der Waals surface area contributed by atoms with E-state index < -0.39 is 9.84 Å². The first-order valence-corrected chi connectivity index (χ1v) is 9.50. The second-order valence-electron chi connectivity index (χ2n) is 6.41. The lowest BCUT2D eigenvalue weighted by molar-refractivity contribution is 0.361. The minimum atomic E-state index is -2.90. The quantitative estimate of drug-likeness (QED) is 0.597. The average Bonchev–Trinajstić information content (AvgIpc) is 2.85. The molecule has 1 N–H and O–H groups in total. The Labute approximate surface area is 123 Å². The number of nitrogens with zero attached hydrogens (tertiary/aromatic N) is 2. The van der Waals surface area contributed by atoms with Gasteiger partial charge in [-0.15, -0.1) is 0 Å². The predicted molar refractivity (Wildman–Crippen MR) is 84.9 cm³/mol. The molecule has 1 aliphatic heterocycles. The van der Waals surface area contributed by atoms with Gasteiger partial charge in [0.25, 0.3) is 0 Å². The van der Waals surface area contributed by atoms with E-state index in [4.69, 9.17) is 4.99 Å². The Kier molecular flexibility index (Phi) is 6.30. The van der Waals surface area contributed by atoms with Gasteiger partial charge >= 0.3 is 0 Å². The highest BCUT2D eigenvalue weighted by Crippen LogP contribution is 2.22. The summed E-state index contributed by atoms with van der Waals surface area (Å²) in [7, 11) is -2.90. The summed E-state index contributed by atoms with van der Waals surface area (Å²) in [6, 6.07) is 0. The molecule has 0 spiro atoms. The van der Waals surface area contributed by atoms with E-state index in [1.807, 2.05) is 0 Å². The smallest absolute Gasteiger partial charge is 0.193 e. The van der Waals surface area contributed by atoms with Crippen LogP contribution in [-0.2, 0) is 9.84 Å². The molecular weight excluding hydrogens is 274 g/mol. The molecule has 0 amide bonds. The summed E-state index contributed by atoms with van der Waals surface area (Å²) in [5, 5.41) is 3.33. The molecule has 0 atom stereocenters. The lowest BCUT2D eigenvalue weighted by atomic mass is 9.90. The fourth-order valence-electron chi connectivity index (χ4n) is 2.18. The Morgan fingerprint density at radius 1 is 1.30 bits per heavy atom. The molecule has 5 nitrogen and oxygen atoms in total. The molecular formula is C14H29N3O2S. The molecule has 1 aliphatic rings. The topological polar surface area (TPSA) is 61.8 Å². The Morgan fingerprint density at radius 2 is 1.90 bits per heavy atom. The highest BCUT2D eigenvalue weighted by Gasteiger charge is 2.21. The predicted octanol–water partition coefficient (Wildman–Crippen LogP) is 1.51. The number of nitrogens with one attached hydrogen (secondary N) is 1. The van der Waals surface area contributed by atoms with Crippen LogP contribution in [0.1, 0.15) is 40.0 Å². The van der Waals surface area contributed by atoms with Crippen molar-refractivity contribution in [3.63, 3.8) is 0 Å². The highest BCUT2D eigenvalue weighted by molar-refractivity contribution is 7.90. The molecule has 0 aromatic heterocycles. The zero-order chi connectivity index (χ0) is 15.2. The average molecular weight is 303 g/mol. The van der Waals surface area contributed by atoms with Crippen molar-refractivity contribution in [2.75, 3.05) is 38.2 Å². The van der Waals surface area contributed by atoms with Crippen LogP contribution in [0.3, 0.4) is 0 Å². The zero-order valence-corrected chi connectivity index (χ0v) is 14.1. The minimum absolute atomic E-state index is 0.0938. The monoisotopic (exact) mass is 303 g/mol. The number of sulfone groups is 1. The van der Waals surface area contributed by atoms with Gasteiger partial charge in [-0.3, -0.25) is 4.99 Å². The van der Waals surface area contributed by atoms with Gasteiger partial charge in [0, 0.05) is 32.4 Å². The molecule has 0 aliphatic carbocycles.